The lowest BCUT2D eigenvalue weighted by Crippen LogP contribution is -2.53. The number of hydrogen-bond acceptors (Lipinski definition) is 3. The Hall–Kier alpha value is -2.37. The highest BCUT2D eigenvalue weighted by molar-refractivity contribution is 6.09. The van der Waals surface area contributed by atoms with Crippen LogP contribution in [0.3, 0.4) is 0 Å². The highest BCUT2D eigenvalue weighted by atomic mass is 16.2. The predicted molar refractivity (Wildman–Crippen MR) is 105 cm³/mol. The zero-order chi connectivity index (χ0) is 20.1. The molecule has 1 N–H and O–H groups in total. The summed E-state index contributed by atoms with van der Waals surface area (Å²) in [6, 6.07) is 9.37. The van der Waals surface area contributed by atoms with Gasteiger partial charge in [-0.25, -0.2) is 4.79 Å². The van der Waals surface area contributed by atoms with E-state index in [4.69, 9.17) is 0 Å². The third-order valence-corrected chi connectivity index (χ3v) is 6.19. The summed E-state index contributed by atoms with van der Waals surface area (Å²) in [6.45, 7) is 6.16. The topological polar surface area (TPSA) is 69.7 Å². The molecule has 4 rings (SSSR count). The van der Waals surface area contributed by atoms with Gasteiger partial charge in [-0.05, 0) is 63.9 Å². The molecule has 3 aliphatic rings. The van der Waals surface area contributed by atoms with E-state index < -0.39 is 17.1 Å². The number of nitrogens with one attached hydrogen (secondary N) is 1. The SMILES string of the molecule is CC(C)(C)N(Cc1ccccc1)C(=O)CN1C(=O)NC(C2CC2)(C2CC2)C1=O. The molecule has 0 unspecified atom stereocenters. The largest absolute Gasteiger partial charge is 0.332 e. The van der Waals surface area contributed by atoms with E-state index in [2.05, 4.69) is 5.32 Å². The average Bonchev–Trinajstić information content (AvgIpc) is 3.54. The summed E-state index contributed by atoms with van der Waals surface area (Å²) in [5, 5.41) is 2.99. The maximum absolute atomic E-state index is 13.2. The van der Waals surface area contributed by atoms with Gasteiger partial charge >= 0.3 is 6.03 Å². The van der Waals surface area contributed by atoms with Gasteiger partial charge in [0.1, 0.15) is 12.1 Å². The smallest absolute Gasteiger partial charge is 0.325 e. The van der Waals surface area contributed by atoms with E-state index in [9.17, 15) is 14.4 Å². The number of amides is 4. The first-order valence-corrected chi connectivity index (χ1v) is 10.2. The minimum atomic E-state index is -0.747. The number of rotatable bonds is 6. The lowest BCUT2D eigenvalue weighted by Gasteiger charge is -2.36. The molecule has 1 saturated heterocycles. The van der Waals surface area contributed by atoms with Gasteiger partial charge in [-0.15, -0.1) is 0 Å². The maximum Gasteiger partial charge on any atom is 0.325 e. The molecule has 0 atom stereocenters. The van der Waals surface area contributed by atoms with Gasteiger partial charge in [0.15, 0.2) is 0 Å². The van der Waals surface area contributed by atoms with E-state index in [1.165, 1.54) is 0 Å². The Balaban J connectivity index is 1.52. The summed E-state index contributed by atoms with van der Waals surface area (Å²) < 4.78 is 0. The fourth-order valence-electron chi connectivity index (χ4n) is 4.41. The fraction of sp³-hybridized carbons (Fsp3) is 0.591. The molecule has 1 aliphatic heterocycles. The fourth-order valence-corrected chi connectivity index (χ4v) is 4.41. The molecule has 0 aromatic heterocycles. The van der Waals surface area contributed by atoms with Gasteiger partial charge in [0.2, 0.25) is 5.91 Å². The summed E-state index contributed by atoms with van der Waals surface area (Å²) >= 11 is 0. The number of carbonyl (C=O) groups is 3. The molecule has 2 aliphatic carbocycles. The van der Waals surface area contributed by atoms with E-state index in [1.54, 1.807) is 4.90 Å². The predicted octanol–water partition coefficient (Wildman–Crippen LogP) is 2.92. The molecule has 6 heteroatoms. The van der Waals surface area contributed by atoms with Crippen LogP contribution in [0.15, 0.2) is 30.3 Å². The molecule has 150 valence electrons. The van der Waals surface area contributed by atoms with Crippen molar-refractivity contribution < 1.29 is 14.4 Å². The van der Waals surface area contributed by atoms with Crippen molar-refractivity contribution in [3.05, 3.63) is 35.9 Å². The number of benzene rings is 1. The van der Waals surface area contributed by atoms with Gasteiger partial charge in [-0.3, -0.25) is 14.5 Å². The molecule has 1 aromatic rings. The quantitative estimate of drug-likeness (QED) is 0.768. The van der Waals surface area contributed by atoms with E-state index in [0.29, 0.717) is 6.54 Å². The zero-order valence-corrected chi connectivity index (χ0v) is 16.9. The second kappa shape index (κ2) is 6.61. The normalized spacial score (nSPS) is 21.6. The molecule has 0 spiro atoms. The molecule has 4 amide bonds. The second-order valence-electron chi connectivity index (χ2n) is 9.38. The first kappa shape index (κ1) is 19.0. The molecule has 2 saturated carbocycles. The average molecular weight is 383 g/mol. The van der Waals surface area contributed by atoms with Crippen molar-refractivity contribution in [3.63, 3.8) is 0 Å². The zero-order valence-electron chi connectivity index (χ0n) is 16.9. The molecular weight excluding hydrogens is 354 g/mol. The number of urea groups is 1. The van der Waals surface area contributed by atoms with Crippen molar-refractivity contribution in [2.45, 2.75) is 64.1 Å². The standard InChI is InChI=1S/C22H29N3O3/c1-21(2,3)25(13-15-7-5-4-6-8-15)18(26)14-24-19(27)22(16-9-10-16,17-11-12-17)23-20(24)28/h4-8,16-17H,9-14H2,1-3H3,(H,23,28). The molecule has 3 fully saturated rings. The van der Waals surface area contributed by atoms with E-state index in [1.807, 2.05) is 51.1 Å². The van der Waals surface area contributed by atoms with Crippen molar-refractivity contribution in [1.82, 2.24) is 15.1 Å². The lowest BCUT2D eigenvalue weighted by molar-refractivity contribution is -0.143. The van der Waals surface area contributed by atoms with E-state index in [-0.39, 0.29) is 30.2 Å². The van der Waals surface area contributed by atoms with Gasteiger partial charge in [0.25, 0.3) is 5.91 Å². The maximum atomic E-state index is 13.2. The highest BCUT2D eigenvalue weighted by Crippen LogP contribution is 2.54. The van der Waals surface area contributed by atoms with Gasteiger partial charge in [-0.2, -0.15) is 0 Å². The Morgan fingerprint density at radius 2 is 1.68 bits per heavy atom. The van der Waals surface area contributed by atoms with Crippen LogP contribution in [0, 0.1) is 11.8 Å². The Bertz CT molecular complexity index is 779. The summed E-state index contributed by atoms with van der Waals surface area (Å²) in [5.41, 5.74) is -0.146. The summed E-state index contributed by atoms with van der Waals surface area (Å²) in [6.07, 6.45) is 3.91. The van der Waals surface area contributed by atoms with Crippen LogP contribution in [0.2, 0.25) is 0 Å². The summed E-state index contributed by atoms with van der Waals surface area (Å²) in [4.78, 5) is 42.0. The Kier molecular flexibility index (Phi) is 4.47. The number of imide groups is 1. The molecule has 1 heterocycles. The van der Waals surface area contributed by atoms with Crippen LogP contribution in [-0.4, -0.2) is 45.3 Å². The van der Waals surface area contributed by atoms with Crippen LogP contribution in [0.25, 0.3) is 0 Å². The van der Waals surface area contributed by atoms with Gasteiger partial charge in [0, 0.05) is 12.1 Å². The molecule has 1 aromatic carbocycles. The summed E-state index contributed by atoms with van der Waals surface area (Å²) in [7, 11) is 0. The first-order chi connectivity index (χ1) is 13.2. The van der Waals surface area contributed by atoms with Gasteiger partial charge in [-0.1, -0.05) is 30.3 Å². The van der Waals surface area contributed by atoms with Gasteiger partial charge in [0.05, 0.1) is 0 Å². The van der Waals surface area contributed by atoms with Crippen LogP contribution in [0.4, 0.5) is 4.79 Å². The molecule has 6 nitrogen and oxygen atoms in total. The minimum absolute atomic E-state index is 0.190. The minimum Gasteiger partial charge on any atom is -0.332 e. The van der Waals surface area contributed by atoms with Crippen molar-refractivity contribution in [3.8, 4) is 0 Å². The molecular formula is C22H29N3O3. The van der Waals surface area contributed by atoms with Crippen LogP contribution in [0.1, 0.15) is 52.0 Å². The Labute approximate surface area is 166 Å². The number of carbonyl (C=O) groups excluding carboxylic acids is 3. The Morgan fingerprint density at radius 1 is 1.11 bits per heavy atom. The van der Waals surface area contributed by atoms with E-state index in [0.717, 1.165) is 36.1 Å². The van der Waals surface area contributed by atoms with Gasteiger partial charge < -0.3 is 10.2 Å². The Morgan fingerprint density at radius 3 is 2.18 bits per heavy atom. The lowest BCUT2D eigenvalue weighted by atomic mass is 9.87. The third kappa shape index (κ3) is 3.29. The second-order valence-corrected chi connectivity index (χ2v) is 9.38. The number of nitrogens with zero attached hydrogens (tertiary/aromatic N) is 2. The molecule has 0 radical (unpaired) electrons. The van der Waals surface area contributed by atoms with Crippen LogP contribution >= 0.6 is 0 Å². The van der Waals surface area contributed by atoms with Crippen LogP contribution < -0.4 is 5.32 Å². The van der Waals surface area contributed by atoms with Crippen LogP contribution in [-0.2, 0) is 16.1 Å². The van der Waals surface area contributed by atoms with Crippen molar-refractivity contribution >= 4 is 17.8 Å². The van der Waals surface area contributed by atoms with Crippen molar-refractivity contribution in [1.29, 1.82) is 0 Å². The highest BCUT2D eigenvalue weighted by Gasteiger charge is 2.65. The molecule has 0 bridgehead atoms. The van der Waals surface area contributed by atoms with Crippen molar-refractivity contribution in [2.75, 3.05) is 6.54 Å². The number of hydrogen-bond donors (Lipinski definition) is 1. The van der Waals surface area contributed by atoms with Crippen LogP contribution in [0.5, 0.6) is 0 Å². The van der Waals surface area contributed by atoms with Crippen molar-refractivity contribution in [2.24, 2.45) is 11.8 Å². The first-order valence-electron chi connectivity index (χ1n) is 10.2. The monoisotopic (exact) mass is 383 g/mol. The molecule has 28 heavy (non-hydrogen) atoms. The summed E-state index contributed by atoms with van der Waals surface area (Å²) in [5.74, 6) is 0.0749. The van der Waals surface area contributed by atoms with E-state index >= 15 is 0 Å². The third-order valence-electron chi connectivity index (χ3n) is 6.19.